The molecule has 0 atom stereocenters. The minimum absolute atomic E-state index is 0.304. The lowest BCUT2D eigenvalue weighted by atomic mass is 10.2. The molecule has 0 N–H and O–H groups in total. The molecule has 2 aromatic rings. The molecule has 0 fully saturated rings. The number of rotatable bonds is 3. The van der Waals surface area contributed by atoms with E-state index in [9.17, 15) is 4.79 Å². The Kier molecular flexibility index (Phi) is 4.27. The summed E-state index contributed by atoms with van der Waals surface area (Å²) in [5, 5.41) is 1.15. The number of halogens is 2. The van der Waals surface area contributed by atoms with Gasteiger partial charge in [0.1, 0.15) is 4.88 Å². The Bertz CT molecular complexity index is 558. The third kappa shape index (κ3) is 3.05. The highest BCUT2D eigenvalue weighted by Gasteiger charge is 2.11. The van der Waals surface area contributed by atoms with Crippen molar-refractivity contribution in [2.75, 3.05) is 6.61 Å². The van der Waals surface area contributed by atoms with Crippen LogP contribution in [-0.4, -0.2) is 12.6 Å². The summed E-state index contributed by atoms with van der Waals surface area (Å²) in [5.74, 6) is -0.304. The zero-order valence-electron chi connectivity index (χ0n) is 9.57. The molecule has 1 aromatic heterocycles. The summed E-state index contributed by atoms with van der Waals surface area (Å²) in [4.78, 5) is 13.1. The molecule has 1 heterocycles. The van der Waals surface area contributed by atoms with E-state index in [2.05, 4.69) is 0 Å². The number of benzene rings is 1. The van der Waals surface area contributed by atoms with Gasteiger partial charge in [0.25, 0.3) is 0 Å². The first-order valence-electron chi connectivity index (χ1n) is 5.33. The fourth-order valence-electron chi connectivity index (χ4n) is 1.50. The predicted octanol–water partition coefficient (Wildman–Crippen LogP) is 4.90. The molecule has 0 radical (unpaired) electrons. The molecule has 0 bridgehead atoms. The Morgan fingerprint density at radius 3 is 2.50 bits per heavy atom. The van der Waals surface area contributed by atoms with Gasteiger partial charge in [-0.25, -0.2) is 4.79 Å². The van der Waals surface area contributed by atoms with Crippen LogP contribution in [0.3, 0.4) is 0 Å². The minimum atomic E-state index is -0.304. The molecule has 0 unspecified atom stereocenters. The van der Waals surface area contributed by atoms with Gasteiger partial charge in [0.05, 0.1) is 6.61 Å². The van der Waals surface area contributed by atoms with E-state index in [1.807, 2.05) is 18.2 Å². The minimum Gasteiger partial charge on any atom is -0.462 e. The fraction of sp³-hybridized carbons (Fsp3) is 0.154. The van der Waals surface area contributed by atoms with Gasteiger partial charge in [0, 0.05) is 14.9 Å². The molecular formula is C13H10Cl2O2S. The molecule has 18 heavy (non-hydrogen) atoms. The summed E-state index contributed by atoms with van der Waals surface area (Å²) in [6.45, 7) is 2.15. The van der Waals surface area contributed by atoms with Crippen LogP contribution in [0.5, 0.6) is 0 Å². The van der Waals surface area contributed by atoms with E-state index in [-0.39, 0.29) is 5.97 Å². The molecule has 94 valence electrons. The standard InChI is InChI=1S/C13H10Cl2O2S/c1-2-17-13(16)12-4-3-11(18-12)8-5-9(14)7-10(15)6-8/h3-7H,2H2,1H3. The molecule has 2 rings (SSSR count). The first kappa shape index (κ1) is 13.4. The van der Waals surface area contributed by atoms with E-state index in [1.54, 1.807) is 19.1 Å². The van der Waals surface area contributed by atoms with Crippen molar-refractivity contribution >= 4 is 40.5 Å². The first-order chi connectivity index (χ1) is 8.60. The first-order valence-corrected chi connectivity index (χ1v) is 6.91. The summed E-state index contributed by atoms with van der Waals surface area (Å²) < 4.78 is 4.94. The highest BCUT2D eigenvalue weighted by atomic mass is 35.5. The number of carbonyl (C=O) groups is 1. The second kappa shape index (κ2) is 5.74. The Hall–Kier alpha value is -1.03. The molecule has 0 saturated carbocycles. The van der Waals surface area contributed by atoms with Crippen molar-refractivity contribution in [2.24, 2.45) is 0 Å². The molecule has 0 aliphatic heterocycles. The van der Waals surface area contributed by atoms with Gasteiger partial charge in [0.15, 0.2) is 0 Å². The fourth-order valence-corrected chi connectivity index (χ4v) is 2.91. The number of esters is 1. The van der Waals surface area contributed by atoms with E-state index >= 15 is 0 Å². The third-order valence-corrected chi connectivity index (χ3v) is 3.78. The Morgan fingerprint density at radius 1 is 1.22 bits per heavy atom. The van der Waals surface area contributed by atoms with E-state index in [4.69, 9.17) is 27.9 Å². The lowest BCUT2D eigenvalue weighted by Gasteiger charge is -2.00. The monoisotopic (exact) mass is 300 g/mol. The maximum absolute atomic E-state index is 11.6. The van der Waals surface area contributed by atoms with E-state index in [0.717, 1.165) is 10.4 Å². The lowest BCUT2D eigenvalue weighted by molar-refractivity contribution is 0.0532. The maximum atomic E-state index is 11.6. The smallest absolute Gasteiger partial charge is 0.348 e. The van der Waals surface area contributed by atoms with Crippen molar-refractivity contribution in [1.29, 1.82) is 0 Å². The highest BCUT2D eigenvalue weighted by molar-refractivity contribution is 7.17. The third-order valence-electron chi connectivity index (χ3n) is 2.23. The van der Waals surface area contributed by atoms with Crippen LogP contribution in [0.4, 0.5) is 0 Å². The summed E-state index contributed by atoms with van der Waals surface area (Å²) in [6, 6.07) is 8.90. The van der Waals surface area contributed by atoms with Crippen LogP contribution in [-0.2, 0) is 4.74 Å². The summed E-state index contributed by atoms with van der Waals surface area (Å²) in [6.07, 6.45) is 0. The molecule has 0 amide bonds. The zero-order valence-corrected chi connectivity index (χ0v) is 11.9. The highest BCUT2D eigenvalue weighted by Crippen LogP contribution is 2.32. The van der Waals surface area contributed by atoms with Crippen LogP contribution in [0.15, 0.2) is 30.3 Å². The van der Waals surface area contributed by atoms with Crippen molar-refractivity contribution < 1.29 is 9.53 Å². The Morgan fingerprint density at radius 2 is 1.89 bits per heavy atom. The van der Waals surface area contributed by atoms with Crippen molar-refractivity contribution in [3.05, 3.63) is 45.3 Å². The average Bonchev–Trinajstić information content (AvgIpc) is 2.77. The SMILES string of the molecule is CCOC(=O)c1ccc(-c2cc(Cl)cc(Cl)c2)s1. The van der Waals surface area contributed by atoms with Gasteiger partial charge < -0.3 is 4.74 Å². The summed E-state index contributed by atoms with van der Waals surface area (Å²) in [5.41, 5.74) is 0.896. The van der Waals surface area contributed by atoms with Crippen molar-refractivity contribution in [1.82, 2.24) is 0 Å². The van der Waals surface area contributed by atoms with Gasteiger partial charge in [-0.1, -0.05) is 23.2 Å². The van der Waals surface area contributed by atoms with Crippen molar-refractivity contribution in [3.63, 3.8) is 0 Å². The molecular weight excluding hydrogens is 291 g/mol. The van der Waals surface area contributed by atoms with Crippen LogP contribution in [0.2, 0.25) is 10.0 Å². The van der Waals surface area contributed by atoms with Crippen LogP contribution < -0.4 is 0 Å². The van der Waals surface area contributed by atoms with E-state index in [0.29, 0.717) is 21.5 Å². The van der Waals surface area contributed by atoms with Crippen LogP contribution in [0.1, 0.15) is 16.6 Å². The lowest BCUT2D eigenvalue weighted by Crippen LogP contribution is -2.01. The van der Waals surface area contributed by atoms with Gasteiger partial charge >= 0.3 is 5.97 Å². The van der Waals surface area contributed by atoms with Gasteiger partial charge in [-0.05, 0) is 42.8 Å². The predicted molar refractivity (Wildman–Crippen MR) is 75.7 cm³/mol. The molecule has 0 spiro atoms. The average molecular weight is 301 g/mol. The van der Waals surface area contributed by atoms with Gasteiger partial charge in [-0.2, -0.15) is 0 Å². The molecule has 0 aliphatic rings. The maximum Gasteiger partial charge on any atom is 0.348 e. The van der Waals surface area contributed by atoms with Gasteiger partial charge in [-0.3, -0.25) is 0 Å². The van der Waals surface area contributed by atoms with Crippen molar-refractivity contribution in [3.8, 4) is 10.4 Å². The largest absolute Gasteiger partial charge is 0.462 e. The number of carbonyl (C=O) groups excluding carboxylic acids is 1. The van der Waals surface area contributed by atoms with Crippen LogP contribution in [0.25, 0.3) is 10.4 Å². The zero-order chi connectivity index (χ0) is 13.1. The Balaban J connectivity index is 2.32. The number of hydrogen-bond acceptors (Lipinski definition) is 3. The second-order valence-electron chi connectivity index (χ2n) is 3.54. The van der Waals surface area contributed by atoms with Gasteiger partial charge in [-0.15, -0.1) is 11.3 Å². The number of ether oxygens (including phenoxy) is 1. The van der Waals surface area contributed by atoms with Crippen LogP contribution in [0, 0.1) is 0 Å². The molecule has 1 aromatic carbocycles. The Labute approximate surface area is 119 Å². The summed E-state index contributed by atoms with van der Waals surface area (Å²) in [7, 11) is 0. The number of hydrogen-bond donors (Lipinski definition) is 0. The molecule has 5 heteroatoms. The van der Waals surface area contributed by atoms with Crippen molar-refractivity contribution in [2.45, 2.75) is 6.92 Å². The quantitative estimate of drug-likeness (QED) is 0.754. The second-order valence-corrected chi connectivity index (χ2v) is 5.50. The topological polar surface area (TPSA) is 26.3 Å². The summed E-state index contributed by atoms with van der Waals surface area (Å²) >= 11 is 13.3. The molecule has 0 aliphatic carbocycles. The van der Waals surface area contributed by atoms with Gasteiger partial charge in [0.2, 0.25) is 0 Å². The molecule has 2 nitrogen and oxygen atoms in total. The number of thiophene rings is 1. The van der Waals surface area contributed by atoms with E-state index < -0.39 is 0 Å². The van der Waals surface area contributed by atoms with E-state index in [1.165, 1.54) is 11.3 Å². The molecule has 0 saturated heterocycles. The normalized spacial score (nSPS) is 10.4. The van der Waals surface area contributed by atoms with Crippen LogP contribution >= 0.6 is 34.5 Å².